The SMILES string of the molecule is CCCCCNC(=O)[C@@H]1[C@@H](C(=O)O)[C@H]2C=C[C@H]1O2. The van der Waals surface area contributed by atoms with Crippen LogP contribution >= 0.6 is 0 Å². The second-order valence-corrected chi connectivity index (χ2v) is 4.84. The van der Waals surface area contributed by atoms with E-state index in [4.69, 9.17) is 4.74 Å². The van der Waals surface area contributed by atoms with Crippen LogP contribution in [0.1, 0.15) is 26.2 Å². The third-order valence-corrected chi connectivity index (χ3v) is 3.57. The second-order valence-electron chi connectivity index (χ2n) is 4.84. The van der Waals surface area contributed by atoms with Gasteiger partial charge in [0, 0.05) is 6.54 Å². The molecular weight excluding hydrogens is 234 g/mol. The van der Waals surface area contributed by atoms with Crippen molar-refractivity contribution >= 4 is 11.9 Å². The number of fused-ring (bicyclic) bond motifs is 2. The Labute approximate surface area is 106 Å². The Morgan fingerprint density at radius 2 is 1.89 bits per heavy atom. The van der Waals surface area contributed by atoms with Gasteiger partial charge in [0.25, 0.3) is 0 Å². The van der Waals surface area contributed by atoms with Gasteiger partial charge < -0.3 is 15.2 Å². The molecular formula is C13H19NO4. The summed E-state index contributed by atoms with van der Waals surface area (Å²) in [4.78, 5) is 23.2. The van der Waals surface area contributed by atoms with Crippen LogP contribution in [0.15, 0.2) is 12.2 Å². The van der Waals surface area contributed by atoms with Crippen molar-refractivity contribution in [3.63, 3.8) is 0 Å². The molecule has 2 aliphatic rings. The molecule has 5 heteroatoms. The van der Waals surface area contributed by atoms with E-state index in [9.17, 15) is 14.7 Å². The number of ether oxygens (including phenoxy) is 1. The molecule has 2 aliphatic heterocycles. The summed E-state index contributed by atoms with van der Waals surface area (Å²) in [6.45, 7) is 2.70. The zero-order valence-electron chi connectivity index (χ0n) is 10.5. The molecule has 0 unspecified atom stereocenters. The highest BCUT2D eigenvalue weighted by atomic mass is 16.5. The Morgan fingerprint density at radius 3 is 2.50 bits per heavy atom. The van der Waals surface area contributed by atoms with Crippen molar-refractivity contribution in [2.45, 2.75) is 38.4 Å². The minimum Gasteiger partial charge on any atom is -0.481 e. The summed E-state index contributed by atoms with van der Waals surface area (Å²) < 4.78 is 5.45. The molecule has 0 radical (unpaired) electrons. The Hall–Kier alpha value is -1.36. The number of nitrogens with one attached hydrogen (secondary N) is 1. The van der Waals surface area contributed by atoms with Gasteiger partial charge in [0.1, 0.15) is 5.92 Å². The van der Waals surface area contributed by atoms with Gasteiger partial charge in [-0.3, -0.25) is 9.59 Å². The molecule has 1 fully saturated rings. The fourth-order valence-electron chi connectivity index (χ4n) is 2.62. The lowest BCUT2D eigenvalue weighted by molar-refractivity contribution is -0.146. The van der Waals surface area contributed by atoms with Gasteiger partial charge in [-0.2, -0.15) is 0 Å². The first-order valence-corrected chi connectivity index (χ1v) is 6.49. The monoisotopic (exact) mass is 253 g/mol. The average molecular weight is 253 g/mol. The Kier molecular flexibility index (Phi) is 4.01. The van der Waals surface area contributed by atoms with Gasteiger partial charge in [-0.05, 0) is 6.42 Å². The van der Waals surface area contributed by atoms with Gasteiger partial charge in [0.05, 0.1) is 18.1 Å². The van der Waals surface area contributed by atoms with E-state index in [1.165, 1.54) is 0 Å². The standard InChI is InChI=1S/C13H19NO4/c1-2-3-4-7-14-12(15)10-8-5-6-9(18-8)11(10)13(16)17/h5-6,8-11H,2-4,7H2,1H3,(H,14,15)(H,16,17)/t8-,9-,10+,11+/m1/s1. The van der Waals surface area contributed by atoms with Crippen LogP contribution in [-0.4, -0.2) is 35.7 Å². The van der Waals surface area contributed by atoms with Gasteiger partial charge in [0.2, 0.25) is 5.91 Å². The number of carboxylic acid groups (broad SMARTS) is 1. The molecule has 2 heterocycles. The number of amides is 1. The quantitative estimate of drug-likeness (QED) is 0.546. The predicted octanol–water partition coefficient (Wildman–Crippen LogP) is 0.947. The first-order valence-electron chi connectivity index (χ1n) is 6.49. The Balaban J connectivity index is 1.92. The lowest BCUT2D eigenvalue weighted by Crippen LogP contribution is -2.42. The lowest BCUT2D eigenvalue weighted by atomic mass is 9.82. The van der Waals surface area contributed by atoms with Gasteiger partial charge in [-0.25, -0.2) is 0 Å². The molecule has 2 bridgehead atoms. The van der Waals surface area contributed by atoms with Crippen molar-refractivity contribution in [1.82, 2.24) is 5.32 Å². The van der Waals surface area contributed by atoms with Gasteiger partial charge in [-0.15, -0.1) is 0 Å². The first kappa shape index (κ1) is 13.1. The summed E-state index contributed by atoms with van der Waals surface area (Å²) in [6.07, 6.45) is 5.80. The molecule has 0 saturated carbocycles. The predicted molar refractivity (Wildman–Crippen MR) is 65.0 cm³/mol. The molecule has 0 aromatic heterocycles. The minimum absolute atomic E-state index is 0.199. The number of carboxylic acids is 1. The molecule has 0 spiro atoms. The Bertz CT molecular complexity index is 366. The van der Waals surface area contributed by atoms with Crippen molar-refractivity contribution in [2.75, 3.05) is 6.54 Å². The van der Waals surface area contributed by atoms with Crippen LogP contribution in [0.5, 0.6) is 0 Å². The van der Waals surface area contributed by atoms with Crippen LogP contribution in [0, 0.1) is 11.8 Å². The number of unbranched alkanes of at least 4 members (excludes halogenated alkanes) is 2. The van der Waals surface area contributed by atoms with Crippen LogP contribution in [0.2, 0.25) is 0 Å². The summed E-state index contributed by atoms with van der Waals surface area (Å²) in [5.41, 5.74) is 0. The third kappa shape index (κ3) is 2.41. The molecule has 100 valence electrons. The molecule has 0 aromatic rings. The van der Waals surface area contributed by atoms with Gasteiger partial charge in [0.15, 0.2) is 0 Å². The van der Waals surface area contributed by atoms with Crippen molar-refractivity contribution in [3.8, 4) is 0 Å². The fraction of sp³-hybridized carbons (Fsp3) is 0.692. The van der Waals surface area contributed by atoms with Crippen LogP contribution < -0.4 is 5.32 Å². The Morgan fingerprint density at radius 1 is 1.22 bits per heavy atom. The largest absolute Gasteiger partial charge is 0.481 e. The van der Waals surface area contributed by atoms with E-state index in [0.717, 1.165) is 19.3 Å². The maximum atomic E-state index is 12.0. The van der Waals surface area contributed by atoms with E-state index < -0.39 is 23.9 Å². The zero-order valence-corrected chi connectivity index (χ0v) is 10.5. The highest BCUT2D eigenvalue weighted by molar-refractivity contribution is 5.87. The molecule has 18 heavy (non-hydrogen) atoms. The normalized spacial score (nSPS) is 32.7. The van der Waals surface area contributed by atoms with E-state index >= 15 is 0 Å². The summed E-state index contributed by atoms with van der Waals surface area (Å²) in [6, 6.07) is 0. The molecule has 1 amide bonds. The van der Waals surface area contributed by atoms with Gasteiger partial charge in [-0.1, -0.05) is 31.9 Å². The third-order valence-electron chi connectivity index (χ3n) is 3.57. The molecule has 0 aromatic carbocycles. The van der Waals surface area contributed by atoms with Crippen molar-refractivity contribution in [1.29, 1.82) is 0 Å². The fourth-order valence-corrected chi connectivity index (χ4v) is 2.62. The smallest absolute Gasteiger partial charge is 0.310 e. The molecule has 5 nitrogen and oxygen atoms in total. The number of carbonyl (C=O) groups is 2. The molecule has 1 saturated heterocycles. The zero-order chi connectivity index (χ0) is 13.1. The molecule has 0 aliphatic carbocycles. The highest BCUT2D eigenvalue weighted by Crippen LogP contribution is 2.39. The topological polar surface area (TPSA) is 75.6 Å². The summed E-state index contributed by atoms with van der Waals surface area (Å²) in [5, 5.41) is 12.0. The lowest BCUT2D eigenvalue weighted by Gasteiger charge is -2.20. The van der Waals surface area contributed by atoms with Crippen LogP contribution in [0.4, 0.5) is 0 Å². The van der Waals surface area contributed by atoms with E-state index in [0.29, 0.717) is 6.54 Å². The van der Waals surface area contributed by atoms with Crippen LogP contribution in [0.3, 0.4) is 0 Å². The number of hydrogen-bond acceptors (Lipinski definition) is 3. The first-order chi connectivity index (χ1) is 8.65. The summed E-state index contributed by atoms with van der Waals surface area (Å²) >= 11 is 0. The summed E-state index contributed by atoms with van der Waals surface area (Å²) in [5.74, 6) is -2.48. The van der Waals surface area contributed by atoms with Crippen LogP contribution in [0.25, 0.3) is 0 Å². The van der Waals surface area contributed by atoms with Crippen LogP contribution in [-0.2, 0) is 14.3 Å². The van der Waals surface area contributed by atoms with Crippen molar-refractivity contribution in [3.05, 3.63) is 12.2 Å². The number of hydrogen-bond donors (Lipinski definition) is 2. The number of rotatable bonds is 6. The van der Waals surface area contributed by atoms with Crippen molar-refractivity contribution in [2.24, 2.45) is 11.8 Å². The summed E-state index contributed by atoms with van der Waals surface area (Å²) in [7, 11) is 0. The average Bonchev–Trinajstić information content (AvgIpc) is 2.94. The highest BCUT2D eigenvalue weighted by Gasteiger charge is 2.52. The number of aliphatic carboxylic acids is 1. The van der Waals surface area contributed by atoms with E-state index in [1.54, 1.807) is 12.2 Å². The van der Waals surface area contributed by atoms with Gasteiger partial charge >= 0.3 is 5.97 Å². The maximum absolute atomic E-state index is 12.0. The van der Waals surface area contributed by atoms with Crippen molar-refractivity contribution < 1.29 is 19.4 Å². The second kappa shape index (κ2) is 5.52. The van der Waals surface area contributed by atoms with E-state index in [1.807, 2.05) is 0 Å². The molecule has 4 atom stereocenters. The maximum Gasteiger partial charge on any atom is 0.310 e. The number of carbonyl (C=O) groups excluding carboxylic acids is 1. The van der Waals surface area contributed by atoms with E-state index in [2.05, 4.69) is 12.2 Å². The minimum atomic E-state index is -0.958. The molecule has 2 rings (SSSR count). The van der Waals surface area contributed by atoms with E-state index in [-0.39, 0.29) is 12.0 Å². The molecule has 2 N–H and O–H groups in total.